The first-order chi connectivity index (χ1) is 12.6. The van der Waals surface area contributed by atoms with Gasteiger partial charge in [0, 0.05) is 30.2 Å². The van der Waals surface area contributed by atoms with Crippen molar-refractivity contribution < 1.29 is 9.53 Å². The summed E-state index contributed by atoms with van der Waals surface area (Å²) in [7, 11) is 0. The second kappa shape index (κ2) is 6.83. The van der Waals surface area contributed by atoms with E-state index in [1.165, 1.54) is 21.8 Å². The highest BCUT2D eigenvalue weighted by Crippen LogP contribution is 2.17. The van der Waals surface area contributed by atoms with Gasteiger partial charge in [0.25, 0.3) is 5.56 Å². The minimum Gasteiger partial charge on any atom is -0.454 e. The molecular formula is C17H17N5O3S. The molecule has 0 bridgehead atoms. The Morgan fingerprint density at radius 2 is 2.08 bits per heavy atom. The largest absolute Gasteiger partial charge is 0.454 e. The molecule has 0 saturated carbocycles. The van der Waals surface area contributed by atoms with Crippen molar-refractivity contribution in [2.45, 2.75) is 26.4 Å². The molecule has 9 heteroatoms. The topological polar surface area (TPSA) is 89.7 Å². The average Bonchev–Trinajstić information content (AvgIpc) is 3.30. The molecule has 1 aliphatic rings. The van der Waals surface area contributed by atoms with E-state index in [1.54, 1.807) is 12.1 Å². The third-order valence-corrected chi connectivity index (χ3v) is 5.21. The number of fused-ring (bicyclic) bond motifs is 1. The van der Waals surface area contributed by atoms with Crippen LogP contribution in [0.5, 0.6) is 0 Å². The molecule has 0 amide bonds. The van der Waals surface area contributed by atoms with Crippen LogP contribution in [-0.2, 0) is 11.3 Å². The molecule has 4 rings (SSSR count). The number of hydrogen-bond acceptors (Lipinski definition) is 8. The SMILES string of the molecule is Cc1csc2nc(COC(=O)c3ccc(N4CCCC4)nn3)cc(=O)n12. The number of aromatic nitrogens is 4. The molecule has 1 fully saturated rings. The van der Waals surface area contributed by atoms with Crippen LogP contribution in [-0.4, -0.2) is 38.6 Å². The van der Waals surface area contributed by atoms with Crippen molar-refractivity contribution in [3.63, 3.8) is 0 Å². The smallest absolute Gasteiger partial charge is 0.359 e. The second-order valence-electron chi connectivity index (χ2n) is 6.13. The fourth-order valence-corrected chi connectivity index (χ4v) is 3.83. The van der Waals surface area contributed by atoms with Gasteiger partial charge in [-0.2, -0.15) is 0 Å². The van der Waals surface area contributed by atoms with Crippen LogP contribution in [0.1, 0.15) is 34.7 Å². The van der Waals surface area contributed by atoms with Gasteiger partial charge in [0.1, 0.15) is 6.61 Å². The van der Waals surface area contributed by atoms with Gasteiger partial charge >= 0.3 is 5.97 Å². The van der Waals surface area contributed by atoms with E-state index in [0.717, 1.165) is 37.4 Å². The molecule has 0 spiro atoms. The molecule has 0 atom stereocenters. The van der Waals surface area contributed by atoms with Gasteiger partial charge in [0.15, 0.2) is 16.5 Å². The summed E-state index contributed by atoms with van der Waals surface area (Å²) >= 11 is 1.37. The van der Waals surface area contributed by atoms with E-state index in [0.29, 0.717) is 10.7 Å². The molecule has 0 aliphatic carbocycles. The number of hydrogen-bond donors (Lipinski definition) is 0. The predicted octanol–water partition coefficient (Wildman–Crippen LogP) is 1.81. The van der Waals surface area contributed by atoms with Crippen molar-refractivity contribution in [2.75, 3.05) is 18.0 Å². The van der Waals surface area contributed by atoms with Gasteiger partial charge in [0.2, 0.25) is 0 Å². The number of esters is 1. The third kappa shape index (κ3) is 3.17. The summed E-state index contributed by atoms with van der Waals surface area (Å²) in [5.74, 6) is 0.182. The van der Waals surface area contributed by atoms with E-state index in [1.807, 2.05) is 12.3 Å². The van der Waals surface area contributed by atoms with Crippen molar-refractivity contribution in [1.29, 1.82) is 0 Å². The van der Waals surface area contributed by atoms with Crippen LogP contribution >= 0.6 is 11.3 Å². The van der Waals surface area contributed by atoms with Gasteiger partial charge in [-0.3, -0.25) is 9.20 Å². The molecule has 0 unspecified atom stereocenters. The van der Waals surface area contributed by atoms with Crippen LogP contribution < -0.4 is 10.5 Å². The standard InChI is InChI=1S/C17H17N5O3S/c1-11-10-26-17-18-12(8-15(23)22(11)17)9-25-16(24)13-4-5-14(20-19-13)21-6-2-3-7-21/h4-5,8,10H,2-3,6-7,9H2,1H3. The Morgan fingerprint density at radius 3 is 2.81 bits per heavy atom. The molecule has 8 nitrogen and oxygen atoms in total. The number of thiazole rings is 1. The van der Waals surface area contributed by atoms with Crippen LogP contribution in [0, 0.1) is 6.92 Å². The van der Waals surface area contributed by atoms with Gasteiger partial charge in [0.05, 0.1) is 5.69 Å². The molecule has 26 heavy (non-hydrogen) atoms. The summed E-state index contributed by atoms with van der Waals surface area (Å²) in [5, 5.41) is 9.92. The number of carbonyl (C=O) groups is 1. The summed E-state index contributed by atoms with van der Waals surface area (Å²) in [5.41, 5.74) is 1.19. The number of aryl methyl sites for hydroxylation is 1. The highest BCUT2D eigenvalue weighted by atomic mass is 32.1. The van der Waals surface area contributed by atoms with E-state index in [9.17, 15) is 9.59 Å². The van der Waals surface area contributed by atoms with Gasteiger partial charge in [-0.15, -0.1) is 21.5 Å². The normalized spacial score (nSPS) is 14.1. The first-order valence-electron chi connectivity index (χ1n) is 8.34. The molecule has 0 aromatic carbocycles. The lowest BCUT2D eigenvalue weighted by Crippen LogP contribution is -2.20. The number of anilines is 1. The zero-order valence-corrected chi connectivity index (χ0v) is 15.0. The maximum Gasteiger partial charge on any atom is 0.359 e. The number of nitrogens with zero attached hydrogens (tertiary/aromatic N) is 5. The van der Waals surface area contributed by atoms with Gasteiger partial charge in [-0.1, -0.05) is 0 Å². The maximum atomic E-state index is 12.2. The van der Waals surface area contributed by atoms with Crippen LogP contribution in [0.3, 0.4) is 0 Å². The lowest BCUT2D eigenvalue weighted by molar-refractivity contribution is 0.0459. The fraction of sp³-hybridized carbons (Fsp3) is 0.353. The van der Waals surface area contributed by atoms with Crippen molar-refractivity contribution in [3.05, 3.63) is 51.0 Å². The molecule has 134 valence electrons. The van der Waals surface area contributed by atoms with Crippen LogP contribution in [0.25, 0.3) is 4.96 Å². The summed E-state index contributed by atoms with van der Waals surface area (Å²) in [6.45, 7) is 3.68. The molecule has 3 aromatic rings. The van der Waals surface area contributed by atoms with Crippen LogP contribution in [0.15, 0.2) is 28.4 Å². The molecule has 0 radical (unpaired) electrons. The van der Waals surface area contributed by atoms with Crippen molar-refractivity contribution in [2.24, 2.45) is 0 Å². The van der Waals surface area contributed by atoms with Gasteiger partial charge < -0.3 is 9.64 Å². The second-order valence-corrected chi connectivity index (χ2v) is 6.96. The third-order valence-electron chi connectivity index (χ3n) is 4.27. The summed E-state index contributed by atoms with van der Waals surface area (Å²) < 4.78 is 6.76. The number of rotatable bonds is 4. The fourth-order valence-electron chi connectivity index (χ4n) is 2.94. The Morgan fingerprint density at radius 1 is 1.27 bits per heavy atom. The molecule has 3 aromatic heterocycles. The minimum atomic E-state index is -0.588. The first-order valence-corrected chi connectivity index (χ1v) is 9.22. The monoisotopic (exact) mass is 371 g/mol. The molecule has 4 heterocycles. The lowest BCUT2D eigenvalue weighted by atomic mass is 10.3. The first kappa shape index (κ1) is 16.6. The lowest BCUT2D eigenvalue weighted by Gasteiger charge is -2.15. The number of ether oxygens (including phenoxy) is 1. The quantitative estimate of drug-likeness (QED) is 0.646. The highest BCUT2D eigenvalue weighted by molar-refractivity contribution is 7.15. The van der Waals surface area contributed by atoms with E-state index in [2.05, 4.69) is 20.1 Å². The van der Waals surface area contributed by atoms with E-state index < -0.39 is 5.97 Å². The Labute approximate surface area is 153 Å². The van der Waals surface area contributed by atoms with Crippen LogP contribution in [0.4, 0.5) is 5.82 Å². The Kier molecular flexibility index (Phi) is 4.37. The van der Waals surface area contributed by atoms with E-state index >= 15 is 0 Å². The van der Waals surface area contributed by atoms with Crippen molar-refractivity contribution >= 4 is 28.1 Å². The summed E-state index contributed by atoms with van der Waals surface area (Å²) in [6, 6.07) is 4.76. The van der Waals surface area contributed by atoms with Gasteiger partial charge in [-0.05, 0) is 31.9 Å². The molecular weight excluding hydrogens is 354 g/mol. The van der Waals surface area contributed by atoms with E-state index in [4.69, 9.17) is 4.74 Å². The van der Waals surface area contributed by atoms with Crippen molar-refractivity contribution in [3.8, 4) is 0 Å². The summed E-state index contributed by atoms with van der Waals surface area (Å²) in [6.07, 6.45) is 2.29. The predicted molar refractivity (Wildman–Crippen MR) is 96.7 cm³/mol. The Hall–Kier alpha value is -2.81. The van der Waals surface area contributed by atoms with Crippen LogP contribution in [0.2, 0.25) is 0 Å². The van der Waals surface area contributed by atoms with E-state index in [-0.39, 0.29) is 17.9 Å². The molecule has 1 aliphatic heterocycles. The number of carbonyl (C=O) groups excluding carboxylic acids is 1. The molecule has 1 saturated heterocycles. The average molecular weight is 371 g/mol. The highest BCUT2D eigenvalue weighted by Gasteiger charge is 2.16. The Bertz CT molecular complexity index is 1010. The van der Waals surface area contributed by atoms with Crippen molar-refractivity contribution in [1.82, 2.24) is 19.6 Å². The minimum absolute atomic E-state index is 0.0862. The zero-order valence-electron chi connectivity index (χ0n) is 14.2. The summed E-state index contributed by atoms with van der Waals surface area (Å²) in [4.78, 5) is 31.3. The zero-order chi connectivity index (χ0) is 18.1. The Balaban J connectivity index is 1.44. The molecule has 0 N–H and O–H groups in total. The maximum absolute atomic E-state index is 12.2. The van der Waals surface area contributed by atoms with Gasteiger partial charge in [-0.25, -0.2) is 9.78 Å².